The van der Waals surface area contributed by atoms with Gasteiger partial charge in [-0.2, -0.15) is 0 Å². The van der Waals surface area contributed by atoms with Crippen molar-refractivity contribution in [2.45, 2.75) is 12.3 Å². The van der Waals surface area contributed by atoms with Gasteiger partial charge >= 0.3 is 0 Å². The van der Waals surface area contributed by atoms with Gasteiger partial charge in [0.15, 0.2) is 0 Å². The van der Waals surface area contributed by atoms with E-state index in [4.69, 9.17) is 11.6 Å². The average Bonchev–Trinajstić information content (AvgIpc) is 2.71. The number of hydrogen-bond acceptors (Lipinski definition) is 6. The van der Waals surface area contributed by atoms with Crippen molar-refractivity contribution in [2.24, 2.45) is 0 Å². The van der Waals surface area contributed by atoms with E-state index in [1.54, 1.807) is 42.7 Å². The van der Waals surface area contributed by atoms with Gasteiger partial charge in [-0.05, 0) is 36.4 Å². The van der Waals surface area contributed by atoms with Gasteiger partial charge < -0.3 is 5.32 Å². The Kier molecular flexibility index (Phi) is 5.09. The number of hydrogen-bond donors (Lipinski definition) is 2. The summed E-state index contributed by atoms with van der Waals surface area (Å²) in [5.74, 6) is -0.643. The zero-order chi connectivity index (χ0) is 20.4. The van der Waals surface area contributed by atoms with Gasteiger partial charge in [0.2, 0.25) is 17.8 Å². The van der Waals surface area contributed by atoms with E-state index in [0.29, 0.717) is 22.4 Å². The van der Waals surface area contributed by atoms with Crippen LogP contribution < -0.4 is 10.7 Å². The minimum absolute atomic E-state index is 0.0605. The zero-order valence-corrected chi connectivity index (χ0v) is 16.2. The second-order valence-corrected chi connectivity index (χ2v) is 7.00. The molecule has 9 heteroatoms. The van der Waals surface area contributed by atoms with Gasteiger partial charge in [-0.1, -0.05) is 17.7 Å². The molecule has 146 valence electrons. The molecule has 0 aliphatic carbocycles. The monoisotopic (exact) mass is 408 g/mol. The van der Waals surface area contributed by atoms with Crippen LogP contribution in [0.15, 0.2) is 54.9 Å². The molecule has 1 saturated heterocycles. The molecule has 1 atom stereocenters. The van der Waals surface area contributed by atoms with Gasteiger partial charge in [0.1, 0.15) is 0 Å². The lowest BCUT2D eigenvalue weighted by atomic mass is 9.96. The first-order valence-corrected chi connectivity index (χ1v) is 9.26. The van der Waals surface area contributed by atoms with Gasteiger partial charge in [0.25, 0.3) is 0 Å². The van der Waals surface area contributed by atoms with E-state index in [1.807, 2.05) is 12.1 Å². The van der Waals surface area contributed by atoms with Crippen LogP contribution in [0, 0.1) is 0 Å². The third-order valence-electron chi connectivity index (χ3n) is 4.48. The predicted molar refractivity (Wildman–Crippen MR) is 108 cm³/mol. The van der Waals surface area contributed by atoms with Crippen molar-refractivity contribution in [1.82, 2.24) is 25.4 Å². The third-order valence-corrected chi connectivity index (χ3v) is 4.72. The smallest absolute Gasteiger partial charge is 0.250 e. The summed E-state index contributed by atoms with van der Waals surface area (Å²) in [4.78, 5) is 37.3. The fourth-order valence-electron chi connectivity index (χ4n) is 3.10. The maximum atomic E-state index is 12.4. The van der Waals surface area contributed by atoms with E-state index in [2.05, 4.69) is 25.7 Å². The molecular weight excluding hydrogens is 392 g/mol. The van der Waals surface area contributed by atoms with Crippen LogP contribution in [0.1, 0.15) is 18.0 Å². The molecule has 3 heterocycles. The minimum atomic E-state index is -0.625. The van der Waals surface area contributed by atoms with Crippen LogP contribution in [0.5, 0.6) is 0 Å². The molecule has 1 aliphatic rings. The fraction of sp³-hybridized carbons (Fsp3) is 0.150. The highest BCUT2D eigenvalue weighted by atomic mass is 35.5. The van der Waals surface area contributed by atoms with Crippen LogP contribution in [-0.2, 0) is 9.59 Å². The van der Waals surface area contributed by atoms with Crippen molar-refractivity contribution >= 4 is 35.1 Å². The first kappa shape index (κ1) is 18.8. The van der Waals surface area contributed by atoms with Crippen LogP contribution in [0.25, 0.3) is 11.3 Å². The summed E-state index contributed by atoms with van der Waals surface area (Å²) in [6, 6.07) is 12.6. The van der Waals surface area contributed by atoms with E-state index in [9.17, 15) is 9.59 Å². The Labute approximate surface area is 171 Å². The number of likely N-dealkylation sites (N-methyl/N-ethyl adjacent to an activating group) is 1. The van der Waals surface area contributed by atoms with Crippen LogP contribution in [0.4, 0.5) is 11.6 Å². The molecule has 4 rings (SSSR count). The molecule has 0 saturated carbocycles. The number of amides is 2. The summed E-state index contributed by atoms with van der Waals surface area (Å²) in [7, 11) is 1.52. The summed E-state index contributed by atoms with van der Waals surface area (Å²) >= 11 is 6.01. The van der Waals surface area contributed by atoms with Gasteiger partial charge in [-0.25, -0.2) is 9.97 Å². The normalized spacial score (nSPS) is 16.5. The lowest BCUT2D eigenvalue weighted by molar-refractivity contribution is -0.147. The molecule has 8 nitrogen and oxygen atoms in total. The lowest BCUT2D eigenvalue weighted by Crippen LogP contribution is -2.51. The van der Waals surface area contributed by atoms with Gasteiger partial charge in [-0.3, -0.25) is 25.0 Å². The summed E-state index contributed by atoms with van der Waals surface area (Å²) in [5, 5.41) is 4.92. The summed E-state index contributed by atoms with van der Waals surface area (Å²) in [5.41, 5.74) is 5.22. The van der Waals surface area contributed by atoms with E-state index >= 15 is 0 Å². The molecule has 1 unspecified atom stereocenters. The summed E-state index contributed by atoms with van der Waals surface area (Å²) < 4.78 is 0. The highest BCUT2D eigenvalue weighted by Crippen LogP contribution is 2.27. The lowest BCUT2D eigenvalue weighted by Gasteiger charge is -2.29. The Morgan fingerprint density at radius 3 is 2.79 bits per heavy atom. The number of benzene rings is 1. The Hall–Kier alpha value is -3.52. The SMILES string of the molecule is CN1NC(=O)CC(c2cc(-c3ccnc(Nc4cccc(Cl)c4)n3)ccn2)C1=O. The number of carbonyl (C=O) groups is 2. The van der Waals surface area contributed by atoms with Crippen LogP contribution in [0.2, 0.25) is 5.02 Å². The molecule has 1 fully saturated rings. The number of carbonyl (C=O) groups excluding carboxylic acids is 2. The number of pyridine rings is 1. The number of nitrogens with one attached hydrogen (secondary N) is 2. The molecule has 3 aromatic rings. The largest absolute Gasteiger partial charge is 0.324 e. The van der Waals surface area contributed by atoms with Crippen molar-refractivity contribution in [3.05, 3.63) is 65.6 Å². The highest BCUT2D eigenvalue weighted by Gasteiger charge is 2.33. The predicted octanol–water partition coefficient (Wildman–Crippen LogP) is 2.91. The number of aromatic nitrogens is 3. The summed E-state index contributed by atoms with van der Waals surface area (Å²) in [6.07, 6.45) is 3.31. The molecule has 0 radical (unpaired) electrons. The zero-order valence-electron chi connectivity index (χ0n) is 15.5. The Morgan fingerprint density at radius 2 is 1.97 bits per heavy atom. The van der Waals surface area contributed by atoms with Crippen molar-refractivity contribution in [3.8, 4) is 11.3 Å². The topological polar surface area (TPSA) is 100 Å². The first-order valence-electron chi connectivity index (χ1n) is 8.88. The maximum absolute atomic E-state index is 12.4. The molecule has 29 heavy (non-hydrogen) atoms. The molecular formula is C20H17ClN6O2. The van der Waals surface area contributed by atoms with E-state index in [1.165, 1.54) is 12.1 Å². The number of hydrazine groups is 1. The molecule has 0 bridgehead atoms. The number of halogens is 1. The minimum Gasteiger partial charge on any atom is -0.324 e. The second kappa shape index (κ2) is 7.84. The van der Waals surface area contributed by atoms with Crippen LogP contribution in [0.3, 0.4) is 0 Å². The van der Waals surface area contributed by atoms with Gasteiger partial charge in [0.05, 0.1) is 17.3 Å². The van der Waals surface area contributed by atoms with E-state index < -0.39 is 5.92 Å². The van der Waals surface area contributed by atoms with Crippen molar-refractivity contribution in [2.75, 3.05) is 12.4 Å². The average molecular weight is 409 g/mol. The van der Waals surface area contributed by atoms with E-state index in [-0.39, 0.29) is 18.2 Å². The fourth-order valence-corrected chi connectivity index (χ4v) is 3.29. The molecule has 1 aromatic carbocycles. The van der Waals surface area contributed by atoms with Crippen molar-refractivity contribution < 1.29 is 9.59 Å². The molecule has 2 N–H and O–H groups in total. The maximum Gasteiger partial charge on any atom is 0.250 e. The Morgan fingerprint density at radius 1 is 1.14 bits per heavy atom. The number of nitrogens with zero attached hydrogens (tertiary/aromatic N) is 4. The van der Waals surface area contributed by atoms with Crippen molar-refractivity contribution in [1.29, 1.82) is 0 Å². The molecule has 0 spiro atoms. The van der Waals surface area contributed by atoms with Crippen LogP contribution in [-0.4, -0.2) is 38.8 Å². The number of anilines is 2. The van der Waals surface area contributed by atoms with Crippen molar-refractivity contribution in [3.63, 3.8) is 0 Å². The standard InChI is InChI=1S/C20H17ClN6O2/c1-27-19(29)15(11-18(28)26-27)17-9-12(5-7-22-17)16-6-8-23-20(25-16)24-14-4-2-3-13(21)10-14/h2-10,15H,11H2,1H3,(H,26,28)(H,23,24,25). The third kappa shape index (κ3) is 4.17. The molecule has 2 aromatic heterocycles. The van der Waals surface area contributed by atoms with Gasteiger partial charge in [0, 0.05) is 42.1 Å². The Bertz CT molecular complexity index is 1090. The first-order chi connectivity index (χ1) is 14.0. The molecule has 2 amide bonds. The quantitative estimate of drug-likeness (QED) is 0.688. The Balaban J connectivity index is 1.61. The highest BCUT2D eigenvalue weighted by molar-refractivity contribution is 6.30. The van der Waals surface area contributed by atoms with E-state index in [0.717, 1.165) is 11.3 Å². The molecule has 1 aliphatic heterocycles. The van der Waals surface area contributed by atoms with Gasteiger partial charge in [-0.15, -0.1) is 0 Å². The van der Waals surface area contributed by atoms with Crippen LogP contribution >= 0.6 is 11.6 Å². The number of rotatable bonds is 4. The summed E-state index contributed by atoms with van der Waals surface area (Å²) in [6.45, 7) is 0. The second-order valence-electron chi connectivity index (χ2n) is 6.56.